The van der Waals surface area contributed by atoms with Gasteiger partial charge in [-0.2, -0.15) is 0 Å². The van der Waals surface area contributed by atoms with E-state index < -0.39 is 0 Å². The van der Waals surface area contributed by atoms with E-state index in [2.05, 4.69) is 20.8 Å². The zero-order valence-corrected chi connectivity index (χ0v) is 10.2. The second-order valence-electron chi connectivity index (χ2n) is 5.94. The Morgan fingerprint density at radius 2 is 1.40 bits per heavy atom. The maximum Gasteiger partial charge on any atom is 0.194 e. The Bertz CT molecular complexity index is 325. The molecule has 0 aliphatic carbocycles. The molecule has 0 bridgehead atoms. The summed E-state index contributed by atoms with van der Waals surface area (Å²) >= 11 is 0. The SMILES string of the molecule is CC(C)(C)CC(C)(C)n1c(O)ccc1O. The van der Waals surface area contributed by atoms with Gasteiger partial charge >= 0.3 is 0 Å². The second-order valence-corrected chi connectivity index (χ2v) is 5.94. The summed E-state index contributed by atoms with van der Waals surface area (Å²) in [6.45, 7) is 10.5. The molecule has 1 rings (SSSR count). The highest BCUT2D eigenvalue weighted by molar-refractivity contribution is 5.26. The van der Waals surface area contributed by atoms with Crippen LogP contribution in [-0.2, 0) is 5.54 Å². The summed E-state index contributed by atoms with van der Waals surface area (Å²) in [5.41, 5.74) is -0.150. The average molecular weight is 211 g/mol. The number of hydrogen-bond donors (Lipinski definition) is 2. The normalized spacial score (nSPS) is 13.1. The molecule has 0 unspecified atom stereocenters. The molecule has 0 amide bonds. The maximum atomic E-state index is 9.67. The van der Waals surface area contributed by atoms with Crippen LogP contribution >= 0.6 is 0 Å². The van der Waals surface area contributed by atoms with Gasteiger partial charge in [-0.15, -0.1) is 0 Å². The predicted octanol–water partition coefficient (Wildman–Crippen LogP) is 3.07. The van der Waals surface area contributed by atoms with Crippen LogP contribution in [0, 0.1) is 5.41 Å². The average Bonchev–Trinajstić information content (AvgIpc) is 2.25. The third kappa shape index (κ3) is 2.67. The molecular formula is C12H21NO2. The number of rotatable bonds is 2. The summed E-state index contributed by atoms with van der Waals surface area (Å²) in [7, 11) is 0. The lowest BCUT2D eigenvalue weighted by Crippen LogP contribution is -2.30. The van der Waals surface area contributed by atoms with Crippen molar-refractivity contribution in [1.29, 1.82) is 0 Å². The summed E-state index contributed by atoms with van der Waals surface area (Å²) < 4.78 is 1.57. The minimum atomic E-state index is -0.296. The van der Waals surface area contributed by atoms with Crippen LogP contribution in [0.2, 0.25) is 0 Å². The van der Waals surface area contributed by atoms with Gasteiger partial charge in [-0.05, 0) is 25.7 Å². The Morgan fingerprint density at radius 1 is 1.00 bits per heavy atom. The van der Waals surface area contributed by atoms with E-state index in [9.17, 15) is 10.2 Å². The third-order valence-electron chi connectivity index (χ3n) is 2.41. The summed E-state index contributed by atoms with van der Waals surface area (Å²) in [5.74, 6) is 0.225. The molecule has 0 radical (unpaired) electrons. The first-order valence-corrected chi connectivity index (χ1v) is 5.24. The van der Waals surface area contributed by atoms with Crippen molar-refractivity contribution in [2.75, 3.05) is 0 Å². The van der Waals surface area contributed by atoms with Crippen molar-refractivity contribution in [2.45, 2.75) is 46.6 Å². The third-order valence-corrected chi connectivity index (χ3v) is 2.41. The summed E-state index contributed by atoms with van der Waals surface area (Å²) in [5, 5.41) is 19.3. The molecule has 86 valence electrons. The molecular weight excluding hydrogens is 190 g/mol. The summed E-state index contributed by atoms with van der Waals surface area (Å²) in [6, 6.07) is 3.03. The number of hydrogen-bond acceptors (Lipinski definition) is 2. The van der Waals surface area contributed by atoms with Gasteiger partial charge in [-0.25, -0.2) is 0 Å². The van der Waals surface area contributed by atoms with E-state index in [0.717, 1.165) is 6.42 Å². The Hall–Kier alpha value is -1.12. The molecule has 1 aromatic rings. The molecule has 1 aromatic heterocycles. The smallest absolute Gasteiger partial charge is 0.194 e. The van der Waals surface area contributed by atoms with E-state index in [-0.39, 0.29) is 22.7 Å². The van der Waals surface area contributed by atoms with Gasteiger partial charge in [0.2, 0.25) is 0 Å². The minimum Gasteiger partial charge on any atom is -0.494 e. The molecule has 0 saturated carbocycles. The van der Waals surface area contributed by atoms with Crippen molar-refractivity contribution in [1.82, 2.24) is 4.57 Å². The van der Waals surface area contributed by atoms with Crippen LogP contribution in [0.4, 0.5) is 0 Å². The Morgan fingerprint density at radius 3 is 1.73 bits per heavy atom. The topological polar surface area (TPSA) is 45.4 Å². The van der Waals surface area contributed by atoms with Crippen LogP contribution in [0.25, 0.3) is 0 Å². The molecule has 0 aliphatic rings. The standard InChI is InChI=1S/C12H21NO2/c1-11(2,3)8-12(4,5)13-9(14)6-7-10(13)15/h6-7,14-15H,8H2,1-5H3. The Labute approximate surface area is 91.4 Å². The van der Waals surface area contributed by atoms with Crippen LogP contribution in [0.1, 0.15) is 41.0 Å². The van der Waals surface area contributed by atoms with Crippen molar-refractivity contribution in [3.8, 4) is 11.8 Å². The molecule has 3 nitrogen and oxygen atoms in total. The van der Waals surface area contributed by atoms with Gasteiger partial charge in [-0.3, -0.25) is 4.57 Å². The molecule has 0 saturated heterocycles. The fourth-order valence-corrected chi connectivity index (χ4v) is 2.41. The quantitative estimate of drug-likeness (QED) is 0.789. The maximum absolute atomic E-state index is 9.67. The van der Waals surface area contributed by atoms with Crippen molar-refractivity contribution in [3.05, 3.63) is 12.1 Å². The van der Waals surface area contributed by atoms with Crippen LogP contribution < -0.4 is 0 Å². The number of aromatic hydroxyl groups is 2. The van der Waals surface area contributed by atoms with Crippen molar-refractivity contribution < 1.29 is 10.2 Å². The fourth-order valence-electron chi connectivity index (χ4n) is 2.41. The Kier molecular flexibility index (Phi) is 2.77. The molecule has 2 N–H and O–H groups in total. The Balaban J connectivity index is 3.06. The highest BCUT2D eigenvalue weighted by Crippen LogP contribution is 2.38. The lowest BCUT2D eigenvalue weighted by atomic mass is 9.81. The first-order chi connectivity index (χ1) is 6.63. The lowest BCUT2D eigenvalue weighted by molar-refractivity contribution is 0.184. The highest BCUT2D eigenvalue weighted by Gasteiger charge is 2.30. The molecule has 0 aliphatic heterocycles. The summed E-state index contributed by atoms with van der Waals surface area (Å²) in [4.78, 5) is 0. The first kappa shape index (κ1) is 12.0. The molecule has 0 fully saturated rings. The molecule has 0 atom stereocenters. The van der Waals surface area contributed by atoms with E-state index in [1.165, 1.54) is 12.1 Å². The van der Waals surface area contributed by atoms with E-state index in [1.54, 1.807) is 4.57 Å². The number of nitrogens with zero attached hydrogens (tertiary/aromatic N) is 1. The highest BCUT2D eigenvalue weighted by atomic mass is 16.3. The first-order valence-electron chi connectivity index (χ1n) is 5.24. The van der Waals surface area contributed by atoms with Gasteiger partial charge < -0.3 is 10.2 Å². The van der Waals surface area contributed by atoms with Gasteiger partial charge in [0.05, 0.1) is 0 Å². The molecule has 0 spiro atoms. The largest absolute Gasteiger partial charge is 0.494 e. The second kappa shape index (κ2) is 3.47. The van der Waals surface area contributed by atoms with Crippen molar-refractivity contribution in [2.24, 2.45) is 5.41 Å². The van der Waals surface area contributed by atoms with Crippen LogP contribution in [-0.4, -0.2) is 14.8 Å². The van der Waals surface area contributed by atoms with Gasteiger partial charge in [0.25, 0.3) is 0 Å². The zero-order chi connectivity index (χ0) is 11.9. The molecule has 1 heterocycles. The molecule has 15 heavy (non-hydrogen) atoms. The predicted molar refractivity (Wildman–Crippen MR) is 61.2 cm³/mol. The number of aromatic nitrogens is 1. The summed E-state index contributed by atoms with van der Waals surface area (Å²) in [6.07, 6.45) is 0.871. The van der Waals surface area contributed by atoms with Gasteiger partial charge in [0.15, 0.2) is 11.8 Å². The lowest BCUT2D eigenvalue weighted by Gasteiger charge is -2.34. The van der Waals surface area contributed by atoms with E-state index in [4.69, 9.17) is 0 Å². The van der Waals surface area contributed by atoms with Crippen LogP contribution in [0.5, 0.6) is 11.8 Å². The van der Waals surface area contributed by atoms with Crippen molar-refractivity contribution >= 4 is 0 Å². The monoisotopic (exact) mass is 211 g/mol. The van der Waals surface area contributed by atoms with Gasteiger partial charge in [0.1, 0.15) is 0 Å². The fraction of sp³-hybridized carbons (Fsp3) is 0.667. The van der Waals surface area contributed by atoms with E-state index in [0.29, 0.717) is 0 Å². The molecule has 0 aromatic carbocycles. The van der Waals surface area contributed by atoms with Crippen LogP contribution in [0.15, 0.2) is 12.1 Å². The zero-order valence-electron chi connectivity index (χ0n) is 10.2. The molecule has 3 heteroatoms. The van der Waals surface area contributed by atoms with Crippen molar-refractivity contribution in [3.63, 3.8) is 0 Å². The van der Waals surface area contributed by atoms with Gasteiger partial charge in [-0.1, -0.05) is 20.8 Å². The minimum absolute atomic E-state index is 0.113. The van der Waals surface area contributed by atoms with E-state index in [1.807, 2.05) is 13.8 Å². The van der Waals surface area contributed by atoms with E-state index >= 15 is 0 Å². The van der Waals surface area contributed by atoms with Crippen LogP contribution in [0.3, 0.4) is 0 Å². The van der Waals surface area contributed by atoms with Gasteiger partial charge in [0, 0.05) is 17.7 Å².